The van der Waals surface area contributed by atoms with Gasteiger partial charge in [0.15, 0.2) is 11.4 Å². The average Bonchev–Trinajstić information content (AvgIpc) is 2.44. The fourth-order valence-electron chi connectivity index (χ4n) is 2.12. The van der Waals surface area contributed by atoms with Crippen molar-refractivity contribution in [1.82, 2.24) is 5.32 Å². The van der Waals surface area contributed by atoms with E-state index >= 15 is 0 Å². The number of hydrogen-bond acceptors (Lipinski definition) is 4. The molecule has 0 aromatic heterocycles. The normalized spacial score (nSPS) is 17.5. The summed E-state index contributed by atoms with van der Waals surface area (Å²) < 4.78 is 0. The second-order valence-corrected chi connectivity index (χ2v) is 4.90. The largest absolute Gasteiger partial charge is 0.378 e. The average molecular weight is 265 g/mol. The van der Waals surface area contributed by atoms with E-state index in [9.17, 15) is 15.0 Å². The van der Waals surface area contributed by atoms with Gasteiger partial charge in [0.25, 0.3) is 0 Å². The predicted octanol–water partition coefficient (Wildman–Crippen LogP) is 1.60. The Kier molecular flexibility index (Phi) is 5.23. The predicted molar refractivity (Wildman–Crippen MR) is 74.4 cm³/mol. The third-order valence-corrected chi connectivity index (χ3v) is 3.58. The SMILES string of the molecule is CCC(=O)[C@@](O)(CC)[C@@](C)(O)NCc1ccccc1. The molecule has 4 heteroatoms. The minimum atomic E-state index is -1.77. The van der Waals surface area contributed by atoms with Gasteiger partial charge in [-0.1, -0.05) is 44.2 Å². The molecule has 0 fully saturated rings. The molecule has 106 valence electrons. The molecule has 2 atom stereocenters. The molecule has 19 heavy (non-hydrogen) atoms. The molecule has 1 aromatic carbocycles. The van der Waals surface area contributed by atoms with Gasteiger partial charge >= 0.3 is 0 Å². The van der Waals surface area contributed by atoms with Crippen molar-refractivity contribution >= 4 is 5.78 Å². The minimum Gasteiger partial charge on any atom is -0.378 e. The van der Waals surface area contributed by atoms with Crippen LogP contribution in [-0.4, -0.2) is 27.3 Å². The van der Waals surface area contributed by atoms with Crippen LogP contribution in [0.2, 0.25) is 0 Å². The van der Waals surface area contributed by atoms with Crippen molar-refractivity contribution in [3.63, 3.8) is 0 Å². The Morgan fingerprint density at radius 2 is 1.79 bits per heavy atom. The summed E-state index contributed by atoms with van der Waals surface area (Å²) in [6, 6.07) is 9.53. The van der Waals surface area contributed by atoms with Crippen LogP contribution in [0.15, 0.2) is 30.3 Å². The van der Waals surface area contributed by atoms with E-state index in [1.54, 1.807) is 13.8 Å². The number of Topliss-reactive ketones (excluding diaryl/α,β-unsaturated/α-hetero) is 1. The number of benzene rings is 1. The van der Waals surface area contributed by atoms with Gasteiger partial charge in [-0.3, -0.25) is 10.1 Å². The topological polar surface area (TPSA) is 69.6 Å². The monoisotopic (exact) mass is 265 g/mol. The summed E-state index contributed by atoms with van der Waals surface area (Å²) in [5.41, 5.74) is -2.45. The Balaban J connectivity index is 2.81. The maximum atomic E-state index is 11.9. The second kappa shape index (κ2) is 6.28. The van der Waals surface area contributed by atoms with Gasteiger partial charge in [-0.25, -0.2) is 0 Å². The highest BCUT2D eigenvalue weighted by Gasteiger charge is 2.49. The van der Waals surface area contributed by atoms with Crippen LogP contribution in [0.1, 0.15) is 39.2 Å². The molecule has 0 unspecified atom stereocenters. The molecule has 3 N–H and O–H groups in total. The first-order valence-corrected chi connectivity index (χ1v) is 6.64. The maximum Gasteiger partial charge on any atom is 0.168 e. The highest BCUT2D eigenvalue weighted by molar-refractivity contribution is 5.88. The van der Waals surface area contributed by atoms with Gasteiger partial charge in [0.1, 0.15) is 5.72 Å². The van der Waals surface area contributed by atoms with Gasteiger partial charge in [-0.15, -0.1) is 0 Å². The molecule has 1 rings (SSSR count). The van der Waals surface area contributed by atoms with Crippen molar-refractivity contribution in [3.8, 4) is 0 Å². The Morgan fingerprint density at radius 1 is 1.21 bits per heavy atom. The number of hydrogen-bond donors (Lipinski definition) is 3. The molecular weight excluding hydrogens is 242 g/mol. The van der Waals surface area contributed by atoms with Crippen LogP contribution >= 0.6 is 0 Å². The molecule has 0 aliphatic carbocycles. The number of carbonyl (C=O) groups excluding carboxylic acids is 1. The van der Waals surface area contributed by atoms with Crippen LogP contribution in [0.4, 0.5) is 0 Å². The van der Waals surface area contributed by atoms with Crippen molar-refractivity contribution in [2.45, 2.75) is 51.5 Å². The summed E-state index contributed by atoms with van der Waals surface area (Å²) in [6.07, 6.45) is 0.349. The summed E-state index contributed by atoms with van der Waals surface area (Å²) >= 11 is 0. The summed E-state index contributed by atoms with van der Waals surface area (Å²) in [6.45, 7) is 5.18. The summed E-state index contributed by atoms with van der Waals surface area (Å²) in [5, 5.41) is 23.7. The van der Waals surface area contributed by atoms with Gasteiger partial charge in [0.2, 0.25) is 0 Å². The molecule has 0 aliphatic rings. The third-order valence-electron chi connectivity index (χ3n) is 3.58. The number of nitrogens with one attached hydrogen (secondary N) is 1. The zero-order valence-corrected chi connectivity index (χ0v) is 11.8. The molecule has 0 aliphatic heterocycles. The van der Waals surface area contributed by atoms with Gasteiger partial charge in [-0.2, -0.15) is 0 Å². The molecule has 0 saturated heterocycles. The molecule has 1 aromatic rings. The standard InChI is InChI=1S/C15H23NO3/c1-4-13(17)15(19,5-2)14(3,18)16-11-12-9-7-6-8-10-12/h6-10,16,18-19H,4-5,11H2,1-3H3/t14-,15+/m1/s1. The van der Waals surface area contributed by atoms with E-state index in [0.29, 0.717) is 6.54 Å². The first-order chi connectivity index (χ1) is 8.87. The van der Waals surface area contributed by atoms with Gasteiger partial charge in [-0.05, 0) is 18.9 Å². The lowest BCUT2D eigenvalue weighted by molar-refractivity contribution is -0.179. The first-order valence-electron chi connectivity index (χ1n) is 6.64. The van der Waals surface area contributed by atoms with Crippen molar-refractivity contribution in [2.75, 3.05) is 0 Å². The van der Waals surface area contributed by atoms with E-state index in [2.05, 4.69) is 5.32 Å². The molecule has 0 spiro atoms. The zero-order valence-electron chi connectivity index (χ0n) is 11.8. The quantitative estimate of drug-likeness (QED) is 0.655. The Labute approximate surface area is 114 Å². The Morgan fingerprint density at radius 3 is 2.26 bits per heavy atom. The van der Waals surface area contributed by atoms with Crippen LogP contribution in [0.25, 0.3) is 0 Å². The fourth-order valence-corrected chi connectivity index (χ4v) is 2.12. The summed E-state index contributed by atoms with van der Waals surface area (Å²) in [5.74, 6) is -0.361. The second-order valence-electron chi connectivity index (χ2n) is 4.90. The fraction of sp³-hybridized carbons (Fsp3) is 0.533. The lowest BCUT2D eigenvalue weighted by atomic mass is 9.83. The van der Waals surface area contributed by atoms with E-state index in [4.69, 9.17) is 0 Å². The lowest BCUT2D eigenvalue weighted by Gasteiger charge is -2.40. The first kappa shape index (κ1) is 15.8. The maximum absolute atomic E-state index is 11.9. The molecular formula is C15H23NO3. The zero-order chi connectivity index (χ0) is 14.5. The van der Waals surface area contributed by atoms with E-state index in [-0.39, 0.29) is 18.6 Å². The number of ketones is 1. The molecule has 0 radical (unpaired) electrons. The Hall–Kier alpha value is -1.23. The summed E-state index contributed by atoms with van der Waals surface area (Å²) in [4.78, 5) is 11.9. The van der Waals surface area contributed by atoms with Crippen molar-refractivity contribution in [3.05, 3.63) is 35.9 Å². The van der Waals surface area contributed by atoms with Crippen molar-refractivity contribution in [2.24, 2.45) is 0 Å². The van der Waals surface area contributed by atoms with Crippen molar-refractivity contribution in [1.29, 1.82) is 0 Å². The molecule has 0 amide bonds. The van der Waals surface area contributed by atoms with E-state index < -0.39 is 11.3 Å². The Bertz CT molecular complexity index is 417. The van der Waals surface area contributed by atoms with Crippen molar-refractivity contribution < 1.29 is 15.0 Å². The van der Waals surface area contributed by atoms with Crippen LogP contribution in [0.3, 0.4) is 0 Å². The minimum absolute atomic E-state index is 0.161. The highest BCUT2D eigenvalue weighted by Crippen LogP contribution is 2.26. The number of rotatable bonds is 7. The van der Waals surface area contributed by atoms with E-state index in [0.717, 1.165) is 5.56 Å². The number of aliphatic hydroxyl groups is 2. The van der Waals surface area contributed by atoms with Gasteiger partial charge < -0.3 is 10.2 Å². The van der Waals surface area contributed by atoms with Gasteiger partial charge in [0, 0.05) is 13.0 Å². The molecule has 0 saturated carbocycles. The smallest absolute Gasteiger partial charge is 0.168 e. The molecule has 0 heterocycles. The highest BCUT2D eigenvalue weighted by atomic mass is 16.4. The molecule has 0 bridgehead atoms. The van der Waals surface area contributed by atoms with Gasteiger partial charge in [0.05, 0.1) is 0 Å². The summed E-state index contributed by atoms with van der Waals surface area (Å²) in [7, 11) is 0. The third kappa shape index (κ3) is 3.41. The van der Waals surface area contributed by atoms with Crippen LogP contribution in [0, 0.1) is 0 Å². The van der Waals surface area contributed by atoms with E-state index in [1.165, 1.54) is 6.92 Å². The lowest BCUT2D eigenvalue weighted by Crippen LogP contribution is -2.64. The van der Waals surface area contributed by atoms with Crippen LogP contribution < -0.4 is 5.32 Å². The van der Waals surface area contributed by atoms with Crippen LogP contribution in [-0.2, 0) is 11.3 Å². The number of carbonyl (C=O) groups is 1. The molecule has 4 nitrogen and oxygen atoms in total. The van der Waals surface area contributed by atoms with Crippen LogP contribution in [0.5, 0.6) is 0 Å². The van der Waals surface area contributed by atoms with E-state index in [1.807, 2.05) is 30.3 Å².